The standard InChI is InChI=1S/C16H14ClFN6O2/c1-8-6-23-12-13(19-15(23)21-20-8)22(2)16(26)24(14(12)25)7-9-10(17)4-3-5-11(9)18/h3-5,12H,6-7H2,1-2H3/p+1. The highest BCUT2D eigenvalue weighted by molar-refractivity contribution is 6.31. The van der Waals surface area contributed by atoms with E-state index in [9.17, 15) is 14.0 Å². The van der Waals surface area contributed by atoms with Gasteiger partial charge in [-0.05, 0) is 19.1 Å². The maximum absolute atomic E-state index is 14.1. The Balaban J connectivity index is 1.70. The first kappa shape index (κ1) is 16.6. The molecule has 1 aromatic rings. The van der Waals surface area contributed by atoms with Crippen molar-refractivity contribution in [2.24, 2.45) is 10.1 Å². The Bertz CT molecular complexity index is 920. The molecule has 1 fully saturated rings. The summed E-state index contributed by atoms with van der Waals surface area (Å²) in [4.78, 5) is 32.4. The van der Waals surface area contributed by atoms with Crippen molar-refractivity contribution >= 4 is 41.0 Å². The minimum Gasteiger partial charge on any atom is -0.270 e. The number of amidine groups is 1. The Hall–Kier alpha value is -2.81. The van der Waals surface area contributed by atoms with Crippen LogP contribution in [-0.2, 0) is 11.3 Å². The third kappa shape index (κ3) is 2.38. The maximum atomic E-state index is 14.1. The fourth-order valence-electron chi connectivity index (χ4n) is 3.19. The van der Waals surface area contributed by atoms with Gasteiger partial charge in [0.2, 0.25) is 11.9 Å². The predicted molar refractivity (Wildman–Crippen MR) is 92.7 cm³/mol. The average molecular weight is 378 g/mol. The molecule has 3 aliphatic heterocycles. The summed E-state index contributed by atoms with van der Waals surface area (Å²) >= 11 is 6.05. The molecule has 0 bridgehead atoms. The SMILES string of the molecule is CC1=NNC2=[N+](C1)C1C(=O)N(Cc3c(F)cccc3Cl)C(=O)N(C)C1=N2. The van der Waals surface area contributed by atoms with Gasteiger partial charge >= 0.3 is 12.0 Å². The van der Waals surface area contributed by atoms with Crippen molar-refractivity contribution in [2.75, 3.05) is 13.6 Å². The number of nitrogens with zero attached hydrogens (tertiary/aromatic N) is 5. The van der Waals surface area contributed by atoms with Crippen molar-refractivity contribution in [3.8, 4) is 0 Å². The second-order valence-corrected chi connectivity index (χ2v) is 6.66. The first-order chi connectivity index (χ1) is 12.4. The zero-order valence-electron chi connectivity index (χ0n) is 14.0. The van der Waals surface area contributed by atoms with E-state index in [-0.39, 0.29) is 17.1 Å². The van der Waals surface area contributed by atoms with Gasteiger partial charge in [0.05, 0.1) is 12.3 Å². The number of likely N-dealkylation sites (N-methyl/N-ethyl adjacent to an activating group) is 1. The van der Waals surface area contributed by atoms with Gasteiger partial charge in [0.25, 0.3) is 5.91 Å². The van der Waals surface area contributed by atoms with Gasteiger partial charge in [-0.25, -0.2) is 13.8 Å². The number of hydrogen-bond donors (Lipinski definition) is 1. The van der Waals surface area contributed by atoms with E-state index in [1.54, 1.807) is 4.58 Å². The van der Waals surface area contributed by atoms with Crippen molar-refractivity contribution in [2.45, 2.75) is 19.5 Å². The summed E-state index contributed by atoms with van der Waals surface area (Å²) in [6.07, 6.45) is 0. The molecule has 1 N–H and O–H groups in total. The highest BCUT2D eigenvalue weighted by atomic mass is 35.5. The number of halogens is 2. The molecule has 3 heterocycles. The third-order valence-electron chi connectivity index (χ3n) is 4.53. The molecule has 3 amide bonds. The number of carbonyl (C=O) groups is 2. The lowest BCUT2D eigenvalue weighted by Crippen LogP contribution is -2.63. The van der Waals surface area contributed by atoms with E-state index < -0.39 is 23.8 Å². The quantitative estimate of drug-likeness (QED) is 0.781. The first-order valence-electron chi connectivity index (χ1n) is 7.92. The maximum Gasteiger partial charge on any atom is 0.414 e. The Morgan fingerprint density at radius 1 is 1.42 bits per heavy atom. The lowest BCUT2D eigenvalue weighted by Gasteiger charge is -2.34. The molecular weight excluding hydrogens is 363 g/mol. The molecule has 1 unspecified atom stereocenters. The number of carbonyl (C=O) groups excluding carboxylic acids is 2. The number of hydrazone groups is 1. The minimum atomic E-state index is -0.767. The van der Waals surface area contributed by atoms with Gasteiger partial charge in [-0.2, -0.15) is 5.43 Å². The lowest BCUT2D eigenvalue weighted by atomic mass is 10.1. The van der Waals surface area contributed by atoms with Gasteiger partial charge in [-0.1, -0.05) is 22.7 Å². The molecule has 0 aromatic heterocycles. The number of hydrogen-bond acceptors (Lipinski definition) is 5. The third-order valence-corrected chi connectivity index (χ3v) is 4.89. The number of amides is 3. The first-order valence-corrected chi connectivity index (χ1v) is 8.29. The summed E-state index contributed by atoms with van der Waals surface area (Å²) in [5.74, 6) is -0.308. The lowest BCUT2D eigenvalue weighted by molar-refractivity contribution is -0.524. The summed E-state index contributed by atoms with van der Waals surface area (Å²) in [5, 5.41) is 4.26. The Kier molecular flexibility index (Phi) is 3.76. The van der Waals surface area contributed by atoms with Crippen LogP contribution in [0.15, 0.2) is 28.3 Å². The molecule has 10 heteroatoms. The van der Waals surface area contributed by atoms with E-state index in [2.05, 4.69) is 15.5 Å². The van der Waals surface area contributed by atoms with Crippen LogP contribution in [0.2, 0.25) is 5.02 Å². The van der Waals surface area contributed by atoms with E-state index in [0.717, 1.165) is 10.6 Å². The van der Waals surface area contributed by atoms with Crippen LogP contribution in [0.25, 0.3) is 0 Å². The Labute approximate surface area is 153 Å². The van der Waals surface area contributed by atoms with Crippen molar-refractivity contribution in [3.63, 3.8) is 0 Å². The highest BCUT2D eigenvalue weighted by Gasteiger charge is 2.53. The van der Waals surface area contributed by atoms with Gasteiger partial charge in [-0.3, -0.25) is 14.6 Å². The second-order valence-electron chi connectivity index (χ2n) is 6.25. The smallest absolute Gasteiger partial charge is 0.270 e. The molecule has 3 aliphatic rings. The van der Waals surface area contributed by atoms with Crippen LogP contribution in [0.5, 0.6) is 0 Å². The molecule has 1 aromatic carbocycles. The highest BCUT2D eigenvalue weighted by Crippen LogP contribution is 2.26. The Morgan fingerprint density at radius 2 is 2.19 bits per heavy atom. The van der Waals surface area contributed by atoms with Crippen molar-refractivity contribution in [1.82, 2.24) is 15.2 Å². The molecular formula is C16H15ClFN6O2+. The summed E-state index contributed by atoms with van der Waals surface area (Å²) in [5.41, 5.74) is 3.66. The number of nitrogens with one attached hydrogen (secondary N) is 1. The number of guanidine groups is 1. The topological polar surface area (TPSA) is 80.4 Å². The van der Waals surface area contributed by atoms with Gasteiger partial charge in [-0.15, -0.1) is 5.10 Å². The van der Waals surface area contributed by atoms with Crippen molar-refractivity contribution in [3.05, 3.63) is 34.6 Å². The molecule has 1 atom stereocenters. The van der Waals surface area contributed by atoms with E-state index in [4.69, 9.17) is 11.6 Å². The number of fused-ring (bicyclic) bond motifs is 2. The number of imide groups is 1. The molecule has 8 nitrogen and oxygen atoms in total. The largest absolute Gasteiger partial charge is 0.414 e. The molecule has 0 radical (unpaired) electrons. The zero-order chi connectivity index (χ0) is 18.6. The minimum absolute atomic E-state index is 0.0985. The van der Waals surface area contributed by atoms with E-state index in [1.165, 1.54) is 30.1 Å². The molecule has 0 saturated carbocycles. The van der Waals surface area contributed by atoms with Crippen LogP contribution < -0.4 is 5.43 Å². The van der Waals surface area contributed by atoms with Crippen LogP contribution in [0.1, 0.15) is 12.5 Å². The number of rotatable bonds is 2. The number of aliphatic imine (C=N–C) groups is 1. The predicted octanol–water partition coefficient (Wildman–Crippen LogP) is 1.00. The van der Waals surface area contributed by atoms with Gasteiger partial charge in [0.15, 0.2) is 0 Å². The second kappa shape index (κ2) is 5.87. The molecule has 1 saturated heterocycles. The fraction of sp³-hybridized carbons (Fsp3) is 0.312. The van der Waals surface area contributed by atoms with E-state index in [1.807, 2.05) is 6.92 Å². The van der Waals surface area contributed by atoms with Crippen LogP contribution in [0.4, 0.5) is 9.18 Å². The Morgan fingerprint density at radius 3 is 2.92 bits per heavy atom. The van der Waals surface area contributed by atoms with Crippen molar-refractivity contribution < 1.29 is 18.6 Å². The average Bonchev–Trinajstić information content (AvgIpc) is 2.98. The number of urea groups is 1. The summed E-state index contributed by atoms with van der Waals surface area (Å²) in [6.45, 7) is 1.98. The van der Waals surface area contributed by atoms with Crippen LogP contribution in [0.3, 0.4) is 0 Å². The molecule has 26 heavy (non-hydrogen) atoms. The van der Waals surface area contributed by atoms with Crippen LogP contribution in [-0.4, -0.2) is 63.5 Å². The van der Waals surface area contributed by atoms with Gasteiger partial charge in [0, 0.05) is 17.6 Å². The molecule has 0 aliphatic carbocycles. The van der Waals surface area contributed by atoms with Gasteiger partial charge < -0.3 is 0 Å². The molecule has 4 rings (SSSR count). The summed E-state index contributed by atoms with van der Waals surface area (Å²) in [7, 11) is 1.53. The van der Waals surface area contributed by atoms with E-state index in [0.29, 0.717) is 18.3 Å². The monoisotopic (exact) mass is 377 g/mol. The summed E-state index contributed by atoms with van der Waals surface area (Å²) in [6, 6.07) is 2.88. The molecule has 134 valence electrons. The van der Waals surface area contributed by atoms with E-state index >= 15 is 0 Å². The molecule has 0 spiro atoms. The number of benzene rings is 1. The van der Waals surface area contributed by atoms with Crippen LogP contribution >= 0.6 is 11.6 Å². The summed E-state index contributed by atoms with van der Waals surface area (Å²) < 4.78 is 15.9. The van der Waals surface area contributed by atoms with Crippen LogP contribution in [0, 0.1) is 5.82 Å². The normalized spacial score (nSPS) is 22.1. The fourth-order valence-corrected chi connectivity index (χ4v) is 3.41. The van der Waals surface area contributed by atoms with Crippen molar-refractivity contribution in [1.29, 1.82) is 0 Å². The van der Waals surface area contributed by atoms with Gasteiger partial charge in [0.1, 0.15) is 12.4 Å². The zero-order valence-corrected chi connectivity index (χ0v) is 14.8.